The molecule has 0 aliphatic heterocycles. The summed E-state index contributed by atoms with van der Waals surface area (Å²) >= 11 is 0. The van der Waals surface area contributed by atoms with Crippen molar-refractivity contribution in [3.05, 3.63) is 59.2 Å². The predicted molar refractivity (Wildman–Crippen MR) is 96.5 cm³/mol. The van der Waals surface area contributed by atoms with Crippen molar-refractivity contribution >= 4 is 24.0 Å². The normalized spacial score (nSPS) is 9.83. The molecule has 0 saturated carbocycles. The first-order valence-electron chi connectivity index (χ1n) is 7.47. The first-order valence-corrected chi connectivity index (χ1v) is 7.47. The lowest BCUT2D eigenvalue weighted by molar-refractivity contribution is 0.0953. The number of anilines is 1. The number of rotatable bonds is 6. The molecule has 3 N–H and O–H groups in total. The van der Waals surface area contributed by atoms with Crippen LogP contribution in [0.4, 0.5) is 5.69 Å². The smallest absolute Gasteiger partial charge is 0.251 e. The van der Waals surface area contributed by atoms with Gasteiger partial charge in [0, 0.05) is 17.8 Å². The lowest BCUT2D eigenvalue weighted by Crippen LogP contribution is -2.26. The number of nitrogen functional groups attached to an aromatic ring is 1. The quantitative estimate of drug-likeness (QED) is 0.796. The minimum Gasteiger partial charge on any atom is -0.494 e. The van der Waals surface area contributed by atoms with E-state index in [4.69, 9.17) is 10.5 Å². The zero-order chi connectivity index (χ0) is 15.9. The van der Waals surface area contributed by atoms with Gasteiger partial charge >= 0.3 is 0 Å². The Morgan fingerprint density at radius 2 is 1.96 bits per heavy atom. The number of ether oxygens (including phenoxy) is 1. The van der Waals surface area contributed by atoms with Gasteiger partial charge in [-0.2, -0.15) is 0 Å². The Balaban J connectivity index is 0.00000264. The molecule has 0 saturated heterocycles. The van der Waals surface area contributed by atoms with Gasteiger partial charge < -0.3 is 15.8 Å². The molecule has 4 nitrogen and oxygen atoms in total. The van der Waals surface area contributed by atoms with Crippen LogP contribution in [-0.4, -0.2) is 19.1 Å². The van der Waals surface area contributed by atoms with E-state index in [1.807, 2.05) is 44.2 Å². The molecular formula is C18H23ClN2O2. The van der Waals surface area contributed by atoms with E-state index in [2.05, 4.69) is 5.32 Å². The minimum absolute atomic E-state index is 0. The summed E-state index contributed by atoms with van der Waals surface area (Å²) in [4.78, 5) is 12.2. The van der Waals surface area contributed by atoms with Crippen molar-refractivity contribution in [2.45, 2.75) is 20.3 Å². The number of carbonyl (C=O) groups is 1. The molecule has 0 spiro atoms. The molecule has 0 unspecified atom stereocenters. The maximum absolute atomic E-state index is 12.2. The van der Waals surface area contributed by atoms with Gasteiger partial charge in [0.2, 0.25) is 0 Å². The molecule has 124 valence electrons. The van der Waals surface area contributed by atoms with Crippen molar-refractivity contribution in [3.63, 3.8) is 0 Å². The summed E-state index contributed by atoms with van der Waals surface area (Å²) in [6.45, 7) is 5.04. The lowest BCUT2D eigenvalue weighted by atomic mass is 10.1. The van der Waals surface area contributed by atoms with E-state index >= 15 is 0 Å². The van der Waals surface area contributed by atoms with Gasteiger partial charge in [0.25, 0.3) is 5.91 Å². The van der Waals surface area contributed by atoms with Gasteiger partial charge in [0.1, 0.15) is 5.75 Å². The molecule has 2 rings (SSSR count). The van der Waals surface area contributed by atoms with Crippen LogP contribution in [0.25, 0.3) is 0 Å². The average Bonchev–Trinajstić information content (AvgIpc) is 2.51. The zero-order valence-electron chi connectivity index (χ0n) is 13.5. The maximum atomic E-state index is 12.2. The van der Waals surface area contributed by atoms with E-state index in [1.54, 1.807) is 12.1 Å². The van der Waals surface area contributed by atoms with Crippen LogP contribution in [0.1, 0.15) is 28.4 Å². The molecule has 0 aliphatic rings. The molecular weight excluding hydrogens is 312 g/mol. The molecule has 0 radical (unpaired) electrons. The van der Waals surface area contributed by atoms with E-state index in [1.165, 1.54) is 0 Å². The Bertz CT molecular complexity index is 659. The lowest BCUT2D eigenvalue weighted by Gasteiger charge is -2.11. The van der Waals surface area contributed by atoms with Gasteiger partial charge in [-0.15, -0.1) is 12.4 Å². The molecule has 0 fully saturated rings. The monoisotopic (exact) mass is 334 g/mol. The minimum atomic E-state index is -0.0984. The van der Waals surface area contributed by atoms with Gasteiger partial charge in [-0.3, -0.25) is 4.79 Å². The van der Waals surface area contributed by atoms with E-state index < -0.39 is 0 Å². The predicted octanol–water partition coefficient (Wildman–Crippen LogP) is 3.37. The summed E-state index contributed by atoms with van der Waals surface area (Å²) in [5.74, 6) is 0.776. The van der Waals surface area contributed by atoms with Gasteiger partial charge in [0.15, 0.2) is 0 Å². The van der Waals surface area contributed by atoms with Crippen molar-refractivity contribution in [1.29, 1.82) is 0 Å². The number of hydrogen-bond donors (Lipinski definition) is 2. The van der Waals surface area contributed by atoms with E-state index in [0.717, 1.165) is 23.3 Å². The summed E-state index contributed by atoms with van der Waals surface area (Å²) in [6.07, 6.45) is 0.725. The van der Waals surface area contributed by atoms with Gasteiger partial charge in [0.05, 0.1) is 6.61 Å². The largest absolute Gasteiger partial charge is 0.494 e. The highest BCUT2D eigenvalue weighted by atomic mass is 35.5. The van der Waals surface area contributed by atoms with Crippen molar-refractivity contribution < 1.29 is 9.53 Å². The van der Waals surface area contributed by atoms with E-state index in [-0.39, 0.29) is 18.3 Å². The molecule has 23 heavy (non-hydrogen) atoms. The van der Waals surface area contributed by atoms with Crippen LogP contribution in [0.15, 0.2) is 42.5 Å². The van der Waals surface area contributed by atoms with Crippen molar-refractivity contribution in [2.24, 2.45) is 0 Å². The second-order valence-corrected chi connectivity index (χ2v) is 5.12. The second-order valence-electron chi connectivity index (χ2n) is 5.12. The number of amides is 1. The topological polar surface area (TPSA) is 64.3 Å². The van der Waals surface area contributed by atoms with Gasteiger partial charge in [-0.05, 0) is 49.6 Å². The molecule has 0 atom stereocenters. The van der Waals surface area contributed by atoms with Crippen molar-refractivity contribution in [2.75, 3.05) is 18.9 Å². The zero-order valence-corrected chi connectivity index (χ0v) is 14.3. The first kappa shape index (κ1) is 18.8. The van der Waals surface area contributed by atoms with E-state index in [9.17, 15) is 4.79 Å². The molecule has 5 heteroatoms. The Morgan fingerprint density at radius 3 is 2.70 bits per heavy atom. The van der Waals surface area contributed by atoms with Crippen LogP contribution in [0.2, 0.25) is 0 Å². The standard InChI is InChI=1S/C18H22N2O2.ClH/c1-3-22-17-7-5-4-6-14(17)10-11-20-18(21)16-12-15(19)9-8-13(16)2;/h4-9,12H,3,10-11,19H2,1-2H3,(H,20,21);1H. The Kier molecular flexibility index (Phi) is 7.42. The van der Waals surface area contributed by atoms with Gasteiger partial charge in [-0.25, -0.2) is 0 Å². The number of nitrogens with one attached hydrogen (secondary N) is 1. The summed E-state index contributed by atoms with van der Waals surface area (Å²) < 4.78 is 5.58. The SMILES string of the molecule is CCOc1ccccc1CCNC(=O)c1cc(N)ccc1C.Cl. The summed E-state index contributed by atoms with van der Waals surface area (Å²) in [7, 11) is 0. The molecule has 0 bridgehead atoms. The highest BCUT2D eigenvalue weighted by Crippen LogP contribution is 2.18. The van der Waals surface area contributed by atoms with Crippen LogP contribution in [0.3, 0.4) is 0 Å². The Labute approximate surface area is 143 Å². The van der Waals surface area contributed by atoms with Crippen LogP contribution >= 0.6 is 12.4 Å². The Hall–Kier alpha value is -2.20. The van der Waals surface area contributed by atoms with Crippen molar-refractivity contribution in [1.82, 2.24) is 5.32 Å². The number of halogens is 1. The number of para-hydroxylation sites is 1. The third-order valence-corrected chi connectivity index (χ3v) is 3.46. The number of aryl methyl sites for hydroxylation is 1. The van der Waals surface area contributed by atoms with E-state index in [0.29, 0.717) is 24.4 Å². The number of nitrogens with two attached hydrogens (primary N) is 1. The van der Waals surface area contributed by atoms with Crippen LogP contribution in [-0.2, 0) is 6.42 Å². The molecule has 2 aromatic rings. The Morgan fingerprint density at radius 1 is 1.22 bits per heavy atom. The molecule has 2 aromatic carbocycles. The highest BCUT2D eigenvalue weighted by molar-refractivity contribution is 5.96. The number of carbonyl (C=O) groups excluding carboxylic acids is 1. The fourth-order valence-corrected chi connectivity index (χ4v) is 2.30. The third kappa shape index (κ3) is 5.18. The summed E-state index contributed by atoms with van der Waals surface area (Å²) in [5.41, 5.74) is 8.97. The van der Waals surface area contributed by atoms with Gasteiger partial charge in [-0.1, -0.05) is 24.3 Å². The van der Waals surface area contributed by atoms with Crippen molar-refractivity contribution in [3.8, 4) is 5.75 Å². The third-order valence-electron chi connectivity index (χ3n) is 3.46. The maximum Gasteiger partial charge on any atom is 0.251 e. The summed E-state index contributed by atoms with van der Waals surface area (Å²) in [6, 6.07) is 13.2. The highest BCUT2D eigenvalue weighted by Gasteiger charge is 2.09. The van der Waals surface area contributed by atoms with Crippen LogP contribution in [0, 0.1) is 6.92 Å². The number of benzene rings is 2. The molecule has 0 aromatic heterocycles. The number of hydrogen-bond acceptors (Lipinski definition) is 3. The molecule has 0 aliphatic carbocycles. The first-order chi connectivity index (χ1) is 10.6. The van der Waals surface area contributed by atoms with Crippen LogP contribution in [0.5, 0.6) is 5.75 Å². The fourth-order valence-electron chi connectivity index (χ4n) is 2.30. The molecule has 0 heterocycles. The second kappa shape index (κ2) is 9.06. The summed E-state index contributed by atoms with van der Waals surface area (Å²) in [5, 5.41) is 2.93. The fraction of sp³-hybridized carbons (Fsp3) is 0.278. The molecule has 1 amide bonds. The van der Waals surface area contributed by atoms with Crippen LogP contribution < -0.4 is 15.8 Å². The average molecular weight is 335 g/mol.